The second-order valence-electron chi connectivity index (χ2n) is 5.35. The van der Waals surface area contributed by atoms with Crippen LogP contribution in [0.15, 0.2) is 24.3 Å². The quantitative estimate of drug-likeness (QED) is 0.859. The number of hydrogen-bond donors (Lipinski definition) is 1. The van der Waals surface area contributed by atoms with Crippen molar-refractivity contribution in [3.63, 3.8) is 0 Å². The Balaban J connectivity index is 1.98. The molecule has 1 heterocycles. The molecule has 1 aromatic carbocycles. The van der Waals surface area contributed by atoms with Crippen molar-refractivity contribution in [3.8, 4) is 0 Å². The monoisotopic (exact) mass is 246 g/mol. The Hall–Kier alpha value is -0.860. The summed E-state index contributed by atoms with van der Waals surface area (Å²) in [7, 11) is 0. The lowest BCUT2D eigenvalue weighted by Crippen LogP contribution is -2.45. The molecule has 1 aromatic rings. The minimum absolute atomic E-state index is 0.721. The number of benzene rings is 1. The molecular formula is C16H26N2. The first kappa shape index (κ1) is 13.6. The number of hydrogen-bond acceptors (Lipinski definition) is 2. The van der Waals surface area contributed by atoms with Crippen LogP contribution in [-0.4, -0.2) is 30.6 Å². The second kappa shape index (κ2) is 6.91. The highest BCUT2D eigenvalue weighted by molar-refractivity contribution is 5.25. The van der Waals surface area contributed by atoms with Gasteiger partial charge >= 0.3 is 0 Å². The first-order valence-electron chi connectivity index (χ1n) is 7.30. The molecule has 1 aliphatic rings. The van der Waals surface area contributed by atoms with Gasteiger partial charge < -0.3 is 5.32 Å². The van der Waals surface area contributed by atoms with E-state index in [1.807, 2.05) is 0 Å². The Morgan fingerprint density at radius 3 is 2.89 bits per heavy atom. The molecule has 1 saturated heterocycles. The molecule has 0 radical (unpaired) electrons. The van der Waals surface area contributed by atoms with Gasteiger partial charge in [-0.2, -0.15) is 0 Å². The van der Waals surface area contributed by atoms with Gasteiger partial charge in [0.15, 0.2) is 0 Å². The van der Waals surface area contributed by atoms with Crippen LogP contribution >= 0.6 is 0 Å². The average Bonchev–Trinajstić information content (AvgIpc) is 2.40. The molecule has 1 aliphatic heterocycles. The lowest BCUT2D eigenvalue weighted by atomic mass is 10.00. The summed E-state index contributed by atoms with van der Waals surface area (Å²) in [5.41, 5.74) is 2.91. The van der Waals surface area contributed by atoms with Crippen LogP contribution < -0.4 is 5.32 Å². The first-order chi connectivity index (χ1) is 8.81. The number of aryl methyl sites for hydroxylation is 1. The fourth-order valence-corrected chi connectivity index (χ4v) is 2.82. The SMILES string of the molecule is CCNCC1CCCCN1Cc1ccccc1C. The van der Waals surface area contributed by atoms with Crippen molar-refractivity contribution in [1.29, 1.82) is 0 Å². The summed E-state index contributed by atoms with van der Waals surface area (Å²) in [5.74, 6) is 0. The average molecular weight is 246 g/mol. The fraction of sp³-hybridized carbons (Fsp3) is 0.625. The van der Waals surface area contributed by atoms with Crippen LogP contribution in [0.25, 0.3) is 0 Å². The summed E-state index contributed by atoms with van der Waals surface area (Å²) in [6.07, 6.45) is 4.09. The molecule has 0 aliphatic carbocycles. The third-order valence-electron chi connectivity index (χ3n) is 4.01. The number of rotatable bonds is 5. The maximum Gasteiger partial charge on any atom is 0.0239 e. The largest absolute Gasteiger partial charge is 0.315 e. The molecule has 1 N–H and O–H groups in total. The Morgan fingerprint density at radius 2 is 2.11 bits per heavy atom. The van der Waals surface area contributed by atoms with Crippen molar-refractivity contribution >= 4 is 0 Å². The Labute approximate surface area is 111 Å². The molecule has 2 rings (SSSR count). The standard InChI is InChI=1S/C16H26N2/c1-3-17-12-16-10-6-7-11-18(16)13-15-9-5-4-8-14(15)2/h4-5,8-9,16-17H,3,6-7,10-13H2,1-2H3. The van der Waals surface area contributed by atoms with Crippen molar-refractivity contribution in [3.05, 3.63) is 35.4 Å². The number of nitrogens with zero attached hydrogens (tertiary/aromatic N) is 1. The zero-order valence-corrected chi connectivity index (χ0v) is 11.8. The summed E-state index contributed by atoms with van der Waals surface area (Å²) in [4.78, 5) is 2.66. The number of likely N-dealkylation sites (tertiary alicyclic amines) is 1. The van der Waals surface area contributed by atoms with Crippen molar-refractivity contribution in [2.75, 3.05) is 19.6 Å². The van der Waals surface area contributed by atoms with E-state index in [-0.39, 0.29) is 0 Å². The van der Waals surface area contributed by atoms with E-state index in [0.29, 0.717) is 0 Å². The van der Waals surface area contributed by atoms with E-state index in [0.717, 1.165) is 25.7 Å². The van der Waals surface area contributed by atoms with Crippen LogP contribution in [0.4, 0.5) is 0 Å². The van der Waals surface area contributed by atoms with Gasteiger partial charge in [-0.15, -0.1) is 0 Å². The molecule has 18 heavy (non-hydrogen) atoms. The Bertz CT molecular complexity index is 362. The molecule has 1 unspecified atom stereocenters. The number of nitrogens with one attached hydrogen (secondary N) is 1. The minimum Gasteiger partial charge on any atom is -0.315 e. The van der Waals surface area contributed by atoms with E-state index in [1.165, 1.54) is 36.9 Å². The summed E-state index contributed by atoms with van der Waals surface area (Å²) in [6.45, 7) is 9.00. The third kappa shape index (κ3) is 3.56. The van der Waals surface area contributed by atoms with E-state index in [1.54, 1.807) is 0 Å². The van der Waals surface area contributed by atoms with E-state index >= 15 is 0 Å². The van der Waals surface area contributed by atoms with Crippen LogP contribution in [0.1, 0.15) is 37.3 Å². The maximum atomic E-state index is 3.51. The number of likely N-dealkylation sites (N-methyl/N-ethyl adjacent to an activating group) is 1. The predicted octanol–water partition coefficient (Wildman–Crippen LogP) is 2.96. The first-order valence-corrected chi connectivity index (χ1v) is 7.30. The van der Waals surface area contributed by atoms with Crippen molar-refractivity contribution < 1.29 is 0 Å². The summed E-state index contributed by atoms with van der Waals surface area (Å²) >= 11 is 0. The molecule has 0 spiro atoms. The molecule has 2 heteroatoms. The topological polar surface area (TPSA) is 15.3 Å². The van der Waals surface area contributed by atoms with Crippen LogP contribution in [0.3, 0.4) is 0 Å². The van der Waals surface area contributed by atoms with E-state index in [9.17, 15) is 0 Å². The highest BCUT2D eigenvalue weighted by Crippen LogP contribution is 2.20. The Morgan fingerprint density at radius 1 is 1.28 bits per heavy atom. The molecule has 0 saturated carbocycles. The zero-order chi connectivity index (χ0) is 12.8. The molecule has 0 bridgehead atoms. The molecular weight excluding hydrogens is 220 g/mol. The molecule has 1 fully saturated rings. The summed E-state index contributed by atoms with van der Waals surface area (Å²) < 4.78 is 0. The van der Waals surface area contributed by atoms with E-state index < -0.39 is 0 Å². The van der Waals surface area contributed by atoms with Crippen LogP contribution in [0.5, 0.6) is 0 Å². The molecule has 0 amide bonds. The lowest BCUT2D eigenvalue weighted by Gasteiger charge is -2.36. The van der Waals surface area contributed by atoms with Gasteiger partial charge in [0.25, 0.3) is 0 Å². The third-order valence-corrected chi connectivity index (χ3v) is 4.01. The Kier molecular flexibility index (Phi) is 5.21. The summed E-state index contributed by atoms with van der Waals surface area (Å²) in [5, 5.41) is 3.51. The van der Waals surface area contributed by atoms with Gasteiger partial charge in [0.1, 0.15) is 0 Å². The summed E-state index contributed by atoms with van der Waals surface area (Å²) in [6, 6.07) is 9.50. The zero-order valence-electron chi connectivity index (χ0n) is 11.8. The van der Waals surface area contributed by atoms with Crippen LogP contribution in [-0.2, 0) is 6.54 Å². The molecule has 0 aromatic heterocycles. The van der Waals surface area contributed by atoms with Gasteiger partial charge in [0.2, 0.25) is 0 Å². The van der Waals surface area contributed by atoms with Gasteiger partial charge in [-0.3, -0.25) is 4.90 Å². The van der Waals surface area contributed by atoms with Gasteiger partial charge in [0, 0.05) is 19.1 Å². The van der Waals surface area contributed by atoms with Gasteiger partial charge in [0.05, 0.1) is 0 Å². The highest BCUT2D eigenvalue weighted by Gasteiger charge is 2.22. The van der Waals surface area contributed by atoms with E-state index in [2.05, 4.69) is 48.3 Å². The smallest absolute Gasteiger partial charge is 0.0239 e. The predicted molar refractivity (Wildman–Crippen MR) is 77.8 cm³/mol. The van der Waals surface area contributed by atoms with Crippen molar-refractivity contribution in [1.82, 2.24) is 10.2 Å². The molecule has 100 valence electrons. The minimum atomic E-state index is 0.721. The van der Waals surface area contributed by atoms with E-state index in [4.69, 9.17) is 0 Å². The van der Waals surface area contributed by atoms with Crippen LogP contribution in [0.2, 0.25) is 0 Å². The van der Waals surface area contributed by atoms with Gasteiger partial charge in [-0.25, -0.2) is 0 Å². The highest BCUT2D eigenvalue weighted by atomic mass is 15.2. The van der Waals surface area contributed by atoms with Gasteiger partial charge in [-0.1, -0.05) is 37.6 Å². The second-order valence-corrected chi connectivity index (χ2v) is 5.35. The van der Waals surface area contributed by atoms with Crippen molar-refractivity contribution in [2.45, 2.75) is 45.7 Å². The molecule has 2 nitrogen and oxygen atoms in total. The maximum absolute atomic E-state index is 3.51. The fourth-order valence-electron chi connectivity index (χ4n) is 2.82. The lowest BCUT2D eigenvalue weighted by molar-refractivity contribution is 0.138. The van der Waals surface area contributed by atoms with Gasteiger partial charge in [-0.05, 0) is 44.0 Å². The van der Waals surface area contributed by atoms with Crippen molar-refractivity contribution in [2.24, 2.45) is 0 Å². The normalized spacial score (nSPS) is 21.1. The van der Waals surface area contributed by atoms with Crippen LogP contribution in [0, 0.1) is 6.92 Å². The molecule has 1 atom stereocenters. The number of piperidine rings is 1.